The van der Waals surface area contributed by atoms with Crippen LogP contribution in [0, 0.1) is 0 Å². The van der Waals surface area contributed by atoms with Gasteiger partial charge in [-0.05, 0) is 25.1 Å². The van der Waals surface area contributed by atoms with Gasteiger partial charge in [-0.15, -0.1) is 12.6 Å². The number of thiol groups is 1. The van der Waals surface area contributed by atoms with Gasteiger partial charge in [0.25, 0.3) is 5.91 Å². The highest BCUT2D eigenvalue weighted by molar-refractivity contribution is 7.99. The van der Waals surface area contributed by atoms with E-state index < -0.39 is 0 Å². The van der Waals surface area contributed by atoms with Crippen molar-refractivity contribution in [2.75, 3.05) is 18.1 Å². The first-order chi connectivity index (χ1) is 7.68. The van der Waals surface area contributed by atoms with Crippen LogP contribution >= 0.6 is 24.4 Å². The van der Waals surface area contributed by atoms with Crippen LogP contribution in [0.4, 0.5) is 0 Å². The van der Waals surface area contributed by atoms with Gasteiger partial charge in [-0.3, -0.25) is 4.79 Å². The normalized spacial score (nSPS) is 20.9. The molecule has 86 valence electrons. The highest BCUT2D eigenvalue weighted by atomic mass is 32.2. The summed E-state index contributed by atoms with van der Waals surface area (Å²) in [5.74, 6) is 2.20. The van der Waals surface area contributed by atoms with Gasteiger partial charge in [0.1, 0.15) is 0 Å². The minimum atomic E-state index is 0.128. The molecule has 0 aromatic heterocycles. The molecule has 16 heavy (non-hydrogen) atoms. The van der Waals surface area contributed by atoms with Crippen LogP contribution in [0.15, 0.2) is 29.2 Å². The van der Waals surface area contributed by atoms with Crippen molar-refractivity contribution in [1.29, 1.82) is 0 Å². The molecule has 1 heterocycles. The minimum Gasteiger partial charge on any atom is -0.334 e. The summed E-state index contributed by atoms with van der Waals surface area (Å²) in [5.41, 5.74) is 0.742. The van der Waals surface area contributed by atoms with Crippen molar-refractivity contribution in [3.05, 3.63) is 29.8 Å². The number of hydrogen-bond acceptors (Lipinski definition) is 3. The first-order valence-electron chi connectivity index (χ1n) is 5.36. The third-order valence-electron chi connectivity index (χ3n) is 2.72. The molecule has 1 aliphatic heterocycles. The SMILES string of the molecule is CC1CSCCN1C(=O)c1cccc(S)c1. The van der Waals surface area contributed by atoms with E-state index in [4.69, 9.17) is 0 Å². The molecule has 2 nitrogen and oxygen atoms in total. The lowest BCUT2D eigenvalue weighted by Gasteiger charge is -2.33. The fraction of sp³-hybridized carbons (Fsp3) is 0.417. The Labute approximate surface area is 106 Å². The zero-order valence-corrected chi connectivity index (χ0v) is 10.9. The molecule has 0 saturated carbocycles. The smallest absolute Gasteiger partial charge is 0.254 e. The lowest BCUT2D eigenvalue weighted by Crippen LogP contribution is -2.44. The van der Waals surface area contributed by atoms with Crippen LogP contribution < -0.4 is 0 Å². The van der Waals surface area contributed by atoms with E-state index in [9.17, 15) is 4.79 Å². The third-order valence-corrected chi connectivity index (χ3v) is 4.19. The van der Waals surface area contributed by atoms with Crippen LogP contribution in [-0.2, 0) is 0 Å². The summed E-state index contributed by atoms with van der Waals surface area (Å²) >= 11 is 6.17. The summed E-state index contributed by atoms with van der Waals surface area (Å²) < 4.78 is 0. The second-order valence-corrected chi connectivity index (χ2v) is 5.64. The maximum Gasteiger partial charge on any atom is 0.254 e. The molecule has 0 radical (unpaired) electrons. The van der Waals surface area contributed by atoms with E-state index in [1.165, 1.54) is 0 Å². The zero-order valence-electron chi connectivity index (χ0n) is 9.22. The molecule has 0 spiro atoms. The predicted octanol–water partition coefficient (Wildman–Crippen LogP) is 2.55. The lowest BCUT2D eigenvalue weighted by atomic mass is 10.1. The van der Waals surface area contributed by atoms with E-state index in [0.717, 1.165) is 28.5 Å². The molecule has 1 amide bonds. The number of rotatable bonds is 1. The van der Waals surface area contributed by atoms with Crippen LogP contribution in [-0.4, -0.2) is 34.9 Å². The molecule has 1 saturated heterocycles. The fourth-order valence-electron chi connectivity index (χ4n) is 1.83. The van der Waals surface area contributed by atoms with Gasteiger partial charge in [0, 0.05) is 34.6 Å². The molecule has 1 aromatic rings. The largest absolute Gasteiger partial charge is 0.334 e. The summed E-state index contributed by atoms with van der Waals surface area (Å²) in [7, 11) is 0. The number of nitrogens with zero attached hydrogens (tertiary/aromatic N) is 1. The van der Waals surface area contributed by atoms with E-state index in [2.05, 4.69) is 19.6 Å². The van der Waals surface area contributed by atoms with Gasteiger partial charge < -0.3 is 4.90 Å². The zero-order chi connectivity index (χ0) is 11.5. The standard InChI is InChI=1S/C12H15NOS2/c1-9-8-16-6-5-13(9)12(14)10-3-2-4-11(15)7-10/h2-4,7,9,15H,5-6,8H2,1H3. The Bertz CT molecular complexity index is 394. The van der Waals surface area contributed by atoms with Crippen molar-refractivity contribution in [2.45, 2.75) is 17.9 Å². The summed E-state index contributed by atoms with van der Waals surface area (Å²) in [5, 5.41) is 0. The molecule has 1 atom stereocenters. The number of carbonyl (C=O) groups is 1. The molecule has 1 fully saturated rings. The number of amides is 1. The molecule has 0 bridgehead atoms. The first-order valence-corrected chi connectivity index (χ1v) is 6.96. The van der Waals surface area contributed by atoms with Crippen molar-refractivity contribution in [2.24, 2.45) is 0 Å². The van der Waals surface area contributed by atoms with Crippen LogP contribution in [0.3, 0.4) is 0 Å². The van der Waals surface area contributed by atoms with Crippen LogP contribution in [0.2, 0.25) is 0 Å². The molecule has 1 unspecified atom stereocenters. The minimum absolute atomic E-state index is 0.128. The van der Waals surface area contributed by atoms with Crippen molar-refractivity contribution >= 4 is 30.3 Å². The van der Waals surface area contributed by atoms with Gasteiger partial charge in [0.2, 0.25) is 0 Å². The van der Waals surface area contributed by atoms with Crippen LogP contribution in [0.25, 0.3) is 0 Å². The maximum atomic E-state index is 12.2. The third kappa shape index (κ3) is 2.55. The van der Waals surface area contributed by atoms with Crippen molar-refractivity contribution in [1.82, 2.24) is 4.90 Å². The van der Waals surface area contributed by atoms with E-state index in [-0.39, 0.29) is 5.91 Å². The van der Waals surface area contributed by atoms with Gasteiger partial charge in [0.05, 0.1) is 0 Å². The van der Waals surface area contributed by atoms with Crippen molar-refractivity contribution in [3.63, 3.8) is 0 Å². The quantitative estimate of drug-likeness (QED) is 0.776. The molecule has 1 aromatic carbocycles. The molecular weight excluding hydrogens is 238 g/mol. The second-order valence-electron chi connectivity index (χ2n) is 3.97. The maximum absolute atomic E-state index is 12.2. The van der Waals surface area contributed by atoms with Gasteiger partial charge >= 0.3 is 0 Å². The van der Waals surface area contributed by atoms with Gasteiger partial charge in [-0.25, -0.2) is 0 Å². The molecule has 1 aliphatic rings. The predicted molar refractivity (Wildman–Crippen MR) is 71.5 cm³/mol. The molecular formula is C12H15NOS2. The Morgan fingerprint density at radius 2 is 2.38 bits per heavy atom. The number of hydrogen-bond donors (Lipinski definition) is 1. The molecule has 2 rings (SSSR count). The number of thioether (sulfide) groups is 1. The van der Waals surface area contributed by atoms with Gasteiger partial charge in [-0.1, -0.05) is 6.07 Å². The Morgan fingerprint density at radius 1 is 1.56 bits per heavy atom. The first kappa shape index (κ1) is 11.9. The second kappa shape index (κ2) is 5.15. The average molecular weight is 253 g/mol. The Hall–Kier alpha value is -0.610. The highest BCUT2D eigenvalue weighted by Gasteiger charge is 2.24. The monoisotopic (exact) mass is 253 g/mol. The fourth-order valence-corrected chi connectivity index (χ4v) is 3.07. The van der Waals surface area contributed by atoms with E-state index in [0.29, 0.717) is 6.04 Å². The topological polar surface area (TPSA) is 20.3 Å². The summed E-state index contributed by atoms with van der Waals surface area (Å²) in [6.07, 6.45) is 0. The van der Waals surface area contributed by atoms with Crippen LogP contribution in [0.1, 0.15) is 17.3 Å². The van der Waals surface area contributed by atoms with E-state index in [1.807, 2.05) is 40.9 Å². The van der Waals surface area contributed by atoms with Crippen molar-refractivity contribution < 1.29 is 4.79 Å². The molecule has 0 aliphatic carbocycles. The van der Waals surface area contributed by atoms with Gasteiger partial charge in [0.15, 0.2) is 0 Å². The lowest BCUT2D eigenvalue weighted by molar-refractivity contribution is 0.0716. The summed E-state index contributed by atoms with van der Waals surface area (Å²) in [6.45, 7) is 2.95. The van der Waals surface area contributed by atoms with Crippen molar-refractivity contribution in [3.8, 4) is 0 Å². The Kier molecular flexibility index (Phi) is 3.82. The van der Waals surface area contributed by atoms with Gasteiger partial charge in [-0.2, -0.15) is 11.8 Å². The summed E-state index contributed by atoms with van der Waals surface area (Å²) in [4.78, 5) is 15.0. The molecule has 4 heteroatoms. The number of carbonyl (C=O) groups excluding carboxylic acids is 1. The Morgan fingerprint density at radius 3 is 3.06 bits per heavy atom. The van der Waals surface area contributed by atoms with E-state index in [1.54, 1.807) is 0 Å². The average Bonchev–Trinajstić information content (AvgIpc) is 2.29. The van der Waals surface area contributed by atoms with Crippen LogP contribution in [0.5, 0.6) is 0 Å². The molecule has 0 N–H and O–H groups in total. The summed E-state index contributed by atoms with van der Waals surface area (Å²) in [6, 6.07) is 7.78. The Balaban J connectivity index is 2.17. The highest BCUT2D eigenvalue weighted by Crippen LogP contribution is 2.19. The van der Waals surface area contributed by atoms with E-state index >= 15 is 0 Å². The number of benzene rings is 1.